The van der Waals surface area contributed by atoms with Crippen molar-refractivity contribution >= 4 is 16.6 Å². The van der Waals surface area contributed by atoms with Crippen molar-refractivity contribution < 1.29 is 0 Å². The Morgan fingerprint density at radius 3 is 2.82 bits per heavy atom. The summed E-state index contributed by atoms with van der Waals surface area (Å²) in [4.78, 5) is 4.38. The zero-order valence-electron chi connectivity index (χ0n) is 10.2. The fourth-order valence-electron chi connectivity index (χ4n) is 2.36. The van der Waals surface area contributed by atoms with E-state index in [2.05, 4.69) is 41.5 Å². The Hall–Kier alpha value is -1.57. The zero-order chi connectivity index (χ0) is 11.7. The summed E-state index contributed by atoms with van der Waals surface area (Å²) in [6.07, 6.45) is 5.91. The van der Waals surface area contributed by atoms with E-state index < -0.39 is 0 Å². The van der Waals surface area contributed by atoms with Gasteiger partial charge in [0, 0.05) is 23.8 Å². The molecule has 1 saturated carbocycles. The minimum atomic E-state index is 0.574. The summed E-state index contributed by atoms with van der Waals surface area (Å²) in [6.45, 7) is 3.39. The molecule has 0 spiro atoms. The Bertz CT molecular complexity index is 524. The summed E-state index contributed by atoms with van der Waals surface area (Å²) >= 11 is 0. The lowest BCUT2D eigenvalue weighted by Gasteiger charge is -2.15. The van der Waals surface area contributed by atoms with Crippen molar-refractivity contribution in [2.45, 2.75) is 26.2 Å². The van der Waals surface area contributed by atoms with Crippen LogP contribution in [0.25, 0.3) is 10.9 Å². The van der Waals surface area contributed by atoms with Gasteiger partial charge in [-0.25, -0.2) is 0 Å². The molecule has 2 nitrogen and oxygen atoms in total. The van der Waals surface area contributed by atoms with E-state index in [-0.39, 0.29) is 0 Å². The Kier molecular flexibility index (Phi) is 2.50. The Morgan fingerprint density at radius 1 is 1.24 bits per heavy atom. The number of nitrogens with zero attached hydrogens (tertiary/aromatic N) is 1. The Labute approximate surface area is 102 Å². The monoisotopic (exact) mass is 226 g/mol. The first kappa shape index (κ1) is 10.6. The molecule has 0 aliphatic heterocycles. The molecule has 0 radical (unpaired) electrons. The number of anilines is 1. The number of para-hydroxylation sites is 1. The third-order valence-corrected chi connectivity index (χ3v) is 4.01. The van der Waals surface area contributed by atoms with Gasteiger partial charge in [0.1, 0.15) is 0 Å². The fourth-order valence-corrected chi connectivity index (χ4v) is 2.36. The second-order valence-electron chi connectivity index (χ2n) is 5.08. The third-order valence-electron chi connectivity index (χ3n) is 4.01. The molecule has 1 aromatic heterocycles. The molecule has 0 amide bonds. The number of rotatable bonds is 4. The van der Waals surface area contributed by atoms with Gasteiger partial charge in [0.05, 0.1) is 5.52 Å². The molecule has 1 N–H and O–H groups in total. The van der Waals surface area contributed by atoms with Crippen LogP contribution in [0.15, 0.2) is 36.5 Å². The van der Waals surface area contributed by atoms with Crippen LogP contribution >= 0.6 is 0 Å². The maximum atomic E-state index is 4.38. The van der Waals surface area contributed by atoms with E-state index in [1.807, 2.05) is 12.3 Å². The van der Waals surface area contributed by atoms with Crippen molar-refractivity contribution in [2.24, 2.45) is 5.41 Å². The van der Waals surface area contributed by atoms with Crippen molar-refractivity contribution in [3.8, 4) is 0 Å². The minimum absolute atomic E-state index is 0.574. The maximum absolute atomic E-state index is 4.38. The fraction of sp³-hybridized carbons (Fsp3) is 0.400. The first-order valence-electron chi connectivity index (χ1n) is 6.41. The smallest absolute Gasteiger partial charge is 0.0722 e. The van der Waals surface area contributed by atoms with Gasteiger partial charge in [-0.3, -0.25) is 4.98 Å². The average Bonchev–Trinajstić information content (AvgIpc) is 3.17. The van der Waals surface area contributed by atoms with E-state index in [0.29, 0.717) is 5.41 Å². The summed E-state index contributed by atoms with van der Waals surface area (Å²) in [5.74, 6) is 0. The molecule has 1 fully saturated rings. The molecule has 2 heteroatoms. The highest BCUT2D eigenvalue weighted by Gasteiger charge is 2.40. The van der Waals surface area contributed by atoms with Gasteiger partial charge in [-0.15, -0.1) is 0 Å². The number of benzene rings is 1. The minimum Gasteiger partial charge on any atom is -0.384 e. The first-order chi connectivity index (χ1) is 8.33. The summed E-state index contributed by atoms with van der Waals surface area (Å²) in [5.41, 5.74) is 2.86. The van der Waals surface area contributed by atoms with Gasteiger partial charge in [-0.1, -0.05) is 25.1 Å². The largest absolute Gasteiger partial charge is 0.384 e. The molecule has 1 aliphatic carbocycles. The van der Waals surface area contributed by atoms with Crippen LogP contribution in [0.3, 0.4) is 0 Å². The number of hydrogen-bond acceptors (Lipinski definition) is 2. The predicted octanol–water partition coefficient (Wildman–Crippen LogP) is 3.84. The second-order valence-corrected chi connectivity index (χ2v) is 5.08. The molecule has 0 atom stereocenters. The van der Waals surface area contributed by atoms with E-state index in [1.165, 1.54) is 30.3 Å². The van der Waals surface area contributed by atoms with E-state index in [1.54, 1.807) is 0 Å². The molecule has 3 rings (SSSR count). The first-order valence-corrected chi connectivity index (χ1v) is 6.41. The maximum Gasteiger partial charge on any atom is 0.0722 e. The van der Waals surface area contributed by atoms with Gasteiger partial charge in [0.25, 0.3) is 0 Å². The van der Waals surface area contributed by atoms with Crippen molar-refractivity contribution in [1.82, 2.24) is 4.98 Å². The van der Waals surface area contributed by atoms with Crippen LogP contribution in [0, 0.1) is 5.41 Å². The lowest BCUT2D eigenvalue weighted by molar-refractivity contribution is 0.522. The molecular formula is C15H18N2. The van der Waals surface area contributed by atoms with E-state index in [0.717, 1.165) is 12.1 Å². The lowest BCUT2D eigenvalue weighted by Crippen LogP contribution is -2.14. The van der Waals surface area contributed by atoms with Crippen molar-refractivity contribution in [2.75, 3.05) is 11.9 Å². The third kappa shape index (κ3) is 1.99. The summed E-state index contributed by atoms with van der Waals surface area (Å²) < 4.78 is 0. The lowest BCUT2D eigenvalue weighted by atomic mass is 10.0. The van der Waals surface area contributed by atoms with Gasteiger partial charge in [0.15, 0.2) is 0 Å². The zero-order valence-corrected chi connectivity index (χ0v) is 10.2. The van der Waals surface area contributed by atoms with Crippen LogP contribution in [0.2, 0.25) is 0 Å². The van der Waals surface area contributed by atoms with Gasteiger partial charge in [0.2, 0.25) is 0 Å². The van der Waals surface area contributed by atoms with Crippen LogP contribution < -0.4 is 5.32 Å². The molecule has 2 aromatic rings. The van der Waals surface area contributed by atoms with Crippen molar-refractivity contribution in [1.29, 1.82) is 0 Å². The molecule has 0 saturated heterocycles. The molecule has 1 heterocycles. The number of fused-ring (bicyclic) bond motifs is 1. The molecule has 1 aromatic carbocycles. The SMILES string of the molecule is CCC1(CNc2ccnc3ccccc23)CC1. The molecule has 0 bridgehead atoms. The van der Waals surface area contributed by atoms with Gasteiger partial charge >= 0.3 is 0 Å². The average molecular weight is 226 g/mol. The molecule has 0 unspecified atom stereocenters. The molecule has 1 aliphatic rings. The van der Waals surface area contributed by atoms with Gasteiger partial charge in [-0.2, -0.15) is 0 Å². The van der Waals surface area contributed by atoms with Crippen LogP contribution in [0.4, 0.5) is 5.69 Å². The molecular weight excluding hydrogens is 208 g/mol. The highest BCUT2D eigenvalue weighted by Crippen LogP contribution is 2.48. The Morgan fingerprint density at radius 2 is 2.06 bits per heavy atom. The second kappa shape index (κ2) is 4.02. The Balaban J connectivity index is 1.85. The predicted molar refractivity (Wildman–Crippen MR) is 72.2 cm³/mol. The van der Waals surface area contributed by atoms with Gasteiger partial charge in [-0.05, 0) is 36.8 Å². The normalized spacial score (nSPS) is 17.0. The number of aromatic nitrogens is 1. The highest BCUT2D eigenvalue weighted by molar-refractivity contribution is 5.90. The van der Waals surface area contributed by atoms with E-state index in [4.69, 9.17) is 0 Å². The van der Waals surface area contributed by atoms with E-state index in [9.17, 15) is 0 Å². The number of pyridine rings is 1. The van der Waals surface area contributed by atoms with Crippen LogP contribution in [-0.4, -0.2) is 11.5 Å². The van der Waals surface area contributed by atoms with Crippen LogP contribution in [0.1, 0.15) is 26.2 Å². The molecule has 17 heavy (non-hydrogen) atoms. The highest BCUT2D eigenvalue weighted by atomic mass is 14.9. The standard InChI is InChI=1S/C15H18N2/c1-2-15(8-9-15)11-17-14-7-10-16-13-6-4-3-5-12(13)14/h3-7,10H,2,8-9,11H2,1H3,(H,16,17). The van der Waals surface area contributed by atoms with Crippen LogP contribution in [0.5, 0.6) is 0 Å². The summed E-state index contributed by atoms with van der Waals surface area (Å²) in [6, 6.07) is 10.4. The van der Waals surface area contributed by atoms with Crippen molar-refractivity contribution in [3.63, 3.8) is 0 Å². The van der Waals surface area contributed by atoms with Gasteiger partial charge < -0.3 is 5.32 Å². The van der Waals surface area contributed by atoms with E-state index >= 15 is 0 Å². The number of hydrogen-bond donors (Lipinski definition) is 1. The van der Waals surface area contributed by atoms with Crippen LogP contribution in [-0.2, 0) is 0 Å². The molecule has 88 valence electrons. The quantitative estimate of drug-likeness (QED) is 0.856. The number of nitrogens with one attached hydrogen (secondary N) is 1. The topological polar surface area (TPSA) is 24.9 Å². The summed E-state index contributed by atoms with van der Waals surface area (Å²) in [5, 5.41) is 4.83. The van der Waals surface area contributed by atoms with Crippen molar-refractivity contribution in [3.05, 3.63) is 36.5 Å². The summed E-state index contributed by atoms with van der Waals surface area (Å²) in [7, 11) is 0.